The van der Waals surface area contributed by atoms with Crippen LogP contribution in [-0.2, 0) is 0 Å². The van der Waals surface area contributed by atoms with Crippen LogP contribution in [0.3, 0.4) is 0 Å². The number of methoxy groups -OCH3 is 1. The number of rotatable bonds is 2. The van der Waals surface area contributed by atoms with E-state index in [1.807, 2.05) is 24.4 Å². The molecule has 1 aliphatic rings. The average Bonchev–Trinajstić information content (AvgIpc) is 3.26. The molecular weight excluding hydrogens is 318 g/mol. The summed E-state index contributed by atoms with van der Waals surface area (Å²) >= 11 is 1.37. The predicted molar refractivity (Wildman–Crippen MR) is 83.6 cm³/mol. The molecule has 0 radical (unpaired) electrons. The molecule has 0 saturated heterocycles. The zero-order valence-electron chi connectivity index (χ0n) is 12.1. The second-order valence-corrected chi connectivity index (χ2v) is 5.96. The Morgan fingerprint density at radius 1 is 1.26 bits per heavy atom. The first-order valence-electron chi connectivity index (χ1n) is 7.04. The molecule has 4 heterocycles. The van der Waals surface area contributed by atoms with E-state index < -0.39 is 0 Å². The van der Waals surface area contributed by atoms with Crippen molar-refractivity contribution < 1.29 is 18.6 Å². The standard InChI is InChI=1S/C15H11N3O4S/c1-19-15-17-18-7-9(16-14(18)23-15)12-6-8-10(22-12)2-3-11-13(8)21-5-4-20-11/h2-3,6-7H,4-5H2,1H3. The Labute approximate surface area is 134 Å². The van der Waals surface area contributed by atoms with Gasteiger partial charge in [0.1, 0.15) is 24.5 Å². The number of benzene rings is 1. The fraction of sp³-hybridized carbons (Fsp3) is 0.200. The van der Waals surface area contributed by atoms with Crippen LogP contribution in [0, 0.1) is 0 Å². The molecule has 1 aromatic carbocycles. The Hall–Kier alpha value is -2.74. The predicted octanol–water partition coefficient (Wildman–Crippen LogP) is 2.98. The van der Waals surface area contributed by atoms with Crippen LogP contribution < -0.4 is 14.2 Å². The zero-order valence-corrected chi connectivity index (χ0v) is 12.9. The van der Waals surface area contributed by atoms with E-state index in [4.69, 9.17) is 18.6 Å². The second kappa shape index (κ2) is 4.63. The summed E-state index contributed by atoms with van der Waals surface area (Å²) in [5.74, 6) is 2.14. The lowest BCUT2D eigenvalue weighted by atomic mass is 10.2. The highest BCUT2D eigenvalue weighted by atomic mass is 32.1. The molecule has 5 rings (SSSR count). The largest absolute Gasteiger partial charge is 0.486 e. The molecule has 116 valence electrons. The lowest BCUT2D eigenvalue weighted by molar-refractivity contribution is 0.174. The first-order valence-corrected chi connectivity index (χ1v) is 7.86. The van der Waals surface area contributed by atoms with Gasteiger partial charge >= 0.3 is 0 Å². The van der Waals surface area contributed by atoms with Crippen LogP contribution in [0.25, 0.3) is 27.4 Å². The molecule has 0 N–H and O–H groups in total. The molecule has 4 aromatic rings. The van der Waals surface area contributed by atoms with Gasteiger partial charge in [-0.25, -0.2) is 9.50 Å². The van der Waals surface area contributed by atoms with Gasteiger partial charge in [0.2, 0.25) is 4.96 Å². The first-order chi connectivity index (χ1) is 11.3. The van der Waals surface area contributed by atoms with Gasteiger partial charge < -0.3 is 18.6 Å². The number of fused-ring (bicyclic) bond motifs is 4. The van der Waals surface area contributed by atoms with Crippen molar-refractivity contribution >= 4 is 27.3 Å². The van der Waals surface area contributed by atoms with E-state index in [9.17, 15) is 0 Å². The van der Waals surface area contributed by atoms with Crippen molar-refractivity contribution in [1.82, 2.24) is 14.6 Å². The molecular formula is C15H11N3O4S. The van der Waals surface area contributed by atoms with Gasteiger partial charge in [-0.15, -0.1) is 5.10 Å². The minimum atomic E-state index is 0.538. The van der Waals surface area contributed by atoms with Gasteiger partial charge in [-0.05, 0) is 29.5 Å². The van der Waals surface area contributed by atoms with Crippen molar-refractivity contribution in [3.05, 3.63) is 24.4 Å². The molecule has 23 heavy (non-hydrogen) atoms. The SMILES string of the molecule is COc1nn2cc(-c3cc4c5c(ccc4o3)OCCO5)nc2s1. The van der Waals surface area contributed by atoms with Crippen LogP contribution in [0.1, 0.15) is 0 Å². The maximum atomic E-state index is 5.91. The van der Waals surface area contributed by atoms with Crippen molar-refractivity contribution in [2.75, 3.05) is 20.3 Å². The summed E-state index contributed by atoms with van der Waals surface area (Å²) < 4.78 is 24.0. The fourth-order valence-electron chi connectivity index (χ4n) is 2.63. The molecule has 8 heteroatoms. The molecule has 0 aliphatic carbocycles. The second-order valence-electron chi connectivity index (χ2n) is 5.04. The Morgan fingerprint density at radius 2 is 2.17 bits per heavy atom. The van der Waals surface area contributed by atoms with Gasteiger partial charge in [0, 0.05) is 0 Å². The summed E-state index contributed by atoms with van der Waals surface area (Å²) in [4.78, 5) is 5.28. The highest BCUT2D eigenvalue weighted by molar-refractivity contribution is 7.18. The topological polar surface area (TPSA) is 71.0 Å². The quantitative estimate of drug-likeness (QED) is 0.563. The molecule has 7 nitrogen and oxygen atoms in total. The van der Waals surface area contributed by atoms with Gasteiger partial charge in [0.15, 0.2) is 17.3 Å². The third kappa shape index (κ3) is 1.88. The van der Waals surface area contributed by atoms with Gasteiger partial charge in [-0.1, -0.05) is 0 Å². The number of furan rings is 1. The molecule has 1 aliphatic heterocycles. The molecule has 0 atom stereocenters. The van der Waals surface area contributed by atoms with Gasteiger partial charge in [0.05, 0.1) is 18.7 Å². The average molecular weight is 329 g/mol. The molecule has 3 aromatic heterocycles. The molecule has 0 saturated carbocycles. The number of aromatic nitrogens is 3. The summed E-state index contributed by atoms with van der Waals surface area (Å²) in [5.41, 5.74) is 1.46. The summed E-state index contributed by atoms with van der Waals surface area (Å²) in [6, 6.07) is 5.67. The number of nitrogens with zero attached hydrogens (tertiary/aromatic N) is 3. The van der Waals surface area contributed by atoms with Crippen molar-refractivity contribution in [1.29, 1.82) is 0 Å². The Kier molecular flexibility index (Phi) is 2.57. The third-order valence-electron chi connectivity index (χ3n) is 3.65. The highest BCUT2D eigenvalue weighted by Crippen LogP contribution is 2.41. The van der Waals surface area contributed by atoms with E-state index in [0.29, 0.717) is 29.9 Å². The number of ether oxygens (including phenoxy) is 3. The van der Waals surface area contributed by atoms with E-state index in [2.05, 4.69) is 10.1 Å². The molecule has 0 spiro atoms. The minimum Gasteiger partial charge on any atom is -0.486 e. The summed E-state index contributed by atoms with van der Waals surface area (Å²) in [7, 11) is 1.59. The van der Waals surface area contributed by atoms with Gasteiger partial charge in [-0.3, -0.25) is 0 Å². The van der Waals surface area contributed by atoms with Crippen molar-refractivity contribution in [3.63, 3.8) is 0 Å². The number of hydrogen-bond acceptors (Lipinski definition) is 7. The van der Waals surface area contributed by atoms with Crippen molar-refractivity contribution in [2.45, 2.75) is 0 Å². The number of imidazole rings is 1. The number of hydrogen-bond donors (Lipinski definition) is 0. The van der Waals surface area contributed by atoms with E-state index in [-0.39, 0.29) is 0 Å². The third-order valence-corrected chi connectivity index (χ3v) is 4.54. The molecule has 0 fully saturated rings. The van der Waals surface area contributed by atoms with E-state index in [1.165, 1.54) is 11.3 Å². The molecule has 0 unspecified atom stereocenters. The highest BCUT2D eigenvalue weighted by Gasteiger charge is 2.20. The van der Waals surface area contributed by atoms with Crippen LogP contribution in [0.5, 0.6) is 16.7 Å². The molecule has 0 bridgehead atoms. The Bertz CT molecular complexity index is 1000. The van der Waals surface area contributed by atoms with Gasteiger partial charge in [0.25, 0.3) is 5.19 Å². The van der Waals surface area contributed by atoms with E-state index in [0.717, 1.165) is 27.4 Å². The van der Waals surface area contributed by atoms with Crippen LogP contribution in [-0.4, -0.2) is 34.9 Å². The summed E-state index contributed by atoms with van der Waals surface area (Å²) in [6.07, 6.45) is 1.82. The van der Waals surface area contributed by atoms with Crippen LogP contribution in [0.15, 0.2) is 28.8 Å². The molecule has 0 amide bonds. The zero-order chi connectivity index (χ0) is 15.4. The summed E-state index contributed by atoms with van der Waals surface area (Å²) in [5, 5.41) is 5.73. The van der Waals surface area contributed by atoms with Crippen LogP contribution in [0.4, 0.5) is 0 Å². The normalized spacial score (nSPS) is 13.8. The minimum absolute atomic E-state index is 0.538. The first kappa shape index (κ1) is 12.8. The summed E-state index contributed by atoms with van der Waals surface area (Å²) in [6.45, 7) is 1.10. The maximum Gasteiger partial charge on any atom is 0.294 e. The lowest BCUT2D eigenvalue weighted by Gasteiger charge is -2.18. The fourth-order valence-corrected chi connectivity index (χ4v) is 3.33. The Morgan fingerprint density at radius 3 is 3.04 bits per heavy atom. The Balaban J connectivity index is 1.65. The monoisotopic (exact) mass is 329 g/mol. The smallest absolute Gasteiger partial charge is 0.294 e. The van der Waals surface area contributed by atoms with Crippen molar-refractivity contribution in [3.8, 4) is 28.1 Å². The van der Waals surface area contributed by atoms with Crippen molar-refractivity contribution in [2.24, 2.45) is 0 Å². The van der Waals surface area contributed by atoms with Crippen LogP contribution in [0.2, 0.25) is 0 Å². The van der Waals surface area contributed by atoms with Crippen LogP contribution >= 0.6 is 11.3 Å². The maximum absolute atomic E-state index is 5.91. The van der Waals surface area contributed by atoms with E-state index in [1.54, 1.807) is 11.6 Å². The van der Waals surface area contributed by atoms with Gasteiger partial charge in [-0.2, -0.15) is 0 Å². The van der Waals surface area contributed by atoms with E-state index >= 15 is 0 Å². The lowest BCUT2D eigenvalue weighted by Crippen LogP contribution is -2.15.